The van der Waals surface area contributed by atoms with E-state index in [1.165, 1.54) is 11.6 Å². The molecule has 4 heterocycles. The smallest absolute Gasteiger partial charge is 0.137 e. The Hall–Kier alpha value is -3.03. The lowest BCUT2D eigenvalue weighted by Crippen LogP contribution is -2.48. The van der Waals surface area contributed by atoms with Gasteiger partial charge in [-0.05, 0) is 61.7 Å². The maximum Gasteiger partial charge on any atom is 0.137 e. The van der Waals surface area contributed by atoms with Crippen molar-refractivity contribution >= 4 is 11.5 Å². The summed E-state index contributed by atoms with van der Waals surface area (Å²) in [5.74, 6) is 0.782. The summed E-state index contributed by atoms with van der Waals surface area (Å²) in [5, 5.41) is 6.97. The molecule has 0 bridgehead atoms. The third kappa shape index (κ3) is 5.54. The van der Waals surface area contributed by atoms with Crippen LogP contribution >= 0.6 is 0 Å². The number of piperazine rings is 1. The molecule has 0 saturated carbocycles. The van der Waals surface area contributed by atoms with Crippen molar-refractivity contribution in [1.29, 1.82) is 0 Å². The maximum atomic E-state index is 13.5. The van der Waals surface area contributed by atoms with Gasteiger partial charge < -0.3 is 15.5 Å². The lowest BCUT2D eigenvalue weighted by atomic mass is 10.0. The van der Waals surface area contributed by atoms with E-state index in [-0.39, 0.29) is 5.82 Å². The minimum absolute atomic E-state index is 0.207. The van der Waals surface area contributed by atoms with Crippen molar-refractivity contribution < 1.29 is 4.39 Å². The number of pyridine rings is 2. The van der Waals surface area contributed by atoms with Gasteiger partial charge in [0.05, 0.1) is 5.69 Å². The zero-order valence-corrected chi connectivity index (χ0v) is 19.8. The van der Waals surface area contributed by atoms with Crippen LogP contribution in [0, 0.1) is 5.82 Å². The van der Waals surface area contributed by atoms with Crippen LogP contribution in [0.5, 0.6) is 0 Å². The molecular formula is C27H33FN6. The Morgan fingerprint density at radius 3 is 2.71 bits per heavy atom. The van der Waals surface area contributed by atoms with E-state index in [0.717, 1.165) is 74.9 Å². The summed E-state index contributed by atoms with van der Waals surface area (Å²) in [6.45, 7) is 8.15. The van der Waals surface area contributed by atoms with Crippen molar-refractivity contribution in [1.82, 2.24) is 20.2 Å². The number of anilines is 2. The van der Waals surface area contributed by atoms with Crippen molar-refractivity contribution in [2.45, 2.75) is 38.4 Å². The molecule has 2 aromatic heterocycles. The number of nitrogens with one attached hydrogen (secondary N) is 2. The van der Waals surface area contributed by atoms with Crippen molar-refractivity contribution in [2.24, 2.45) is 0 Å². The van der Waals surface area contributed by atoms with E-state index in [1.54, 1.807) is 12.1 Å². The van der Waals surface area contributed by atoms with Crippen LogP contribution in [0.2, 0.25) is 0 Å². The fourth-order valence-corrected chi connectivity index (χ4v) is 4.99. The van der Waals surface area contributed by atoms with Gasteiger partial charge in [-0.3, -0.25) is 9.88 Å². The minimum atomic E-state index is -0.207. The zero-order chi connectivity index (χ0) is 23.3. The van der Waals surface area contributed by atoms with Crippen molar-refractivity contribution in [3.8, 4) is 11.3 Å². The van der Waals surface area contributed by atoms with Gasteiger partial charge in [0.25, 0.3) is 0 Å². The minimum Gasteiger partial charge on any atom is -0.382 e. The molecule has 3 aromatic rings. The largest absolute Gasteiger partial charge is 0.382 e. The first kappa shape index (κ1) is 22.7. The molecule has 1 aromatic carbocycles. The Labute approximate surface area is 201 Å². The Kier molecular flexibility index (Phi) is 7.02. The molecule has 0 aliphatic carbocycles. The van der Waals surface area contributed by atoms with Crippen LogP contribution in [0.15, 0.2) is 60.9 Å². The highest BCUT2D eigenvalue weighted by molar-refractivity contribution is 5.73. The maximum absolute atomic E-state index is 13.5. The summed E-state index contributed by atoms with van der Waals surface area (Å²) in [5.41, 5.74) is 4.12. The number of rotatable bonds is 6. The molecule has 2 fully saturated rings. The van der Waals surface area contributed by atoms with Crippen LogP contribution in [0.25, 0.3) is 11.3 Å². The first-order chi connectivity index (χ1) is 16.6. The summed E-state index contributed by atoms with van der Waals surface area (Å²) in [6.07, 6.45) is 5.81. The molecular weight excluding hydrogens is 427 g/mol. The summed E-state index contributed by atoms with van der Waals surface area (Å²) in [6, 6.07) is 16.0. The average molecular weight is 461 g/mol. The summed E-state index contributed by atoms with van der Waals surface area (Å²) >= 11 is 0. The van der Waals surface area contributed by atoms with Crippen LogP contribution in [0.4, 0.5) is 15.9 Å². The predicted molar refractivity (Wildman–Crippen MR) is 135 cm³/mol. The molecule has 0 amide bonds. The predicted octanol–water partition coefficient (Wildman–Crippen LogP) is 4.16. The van der Waals surface area contributed by atoms with Gasteiger partial charge in [-0.1, -0.05) is 12.1 Å². The fourth-order valence-electron chi connectivity index (χ4n) is 4.99. The second-order valence-corrected chi connectivity index (χ2v) is 9.43. The van der Waals surface area contributed by atoms with E-state index in [9.17, 15) is 4.39 Å². The number of hydrogen-bond acceptors (Lipinski definition) is 6. The number of benzene rings is 1. The average Bonchev–Trinajstić information content (AvgIpc) is 2.85. The highest BCUT2D eigenvalue weighted by Crippen LogP contribution is 2.30. The summed E-state index contributed by atoms with van der Waals surface area (Å²) in [4.78, 5) is 14.4. The molecule has 2 N–H and O–H groups in total. The Balaban J connectivity index is 1.23. The fraction of sp³-hybridized carbons (Fsp3) is 0.407. The van der Waals surface area contributed by atoms with Crippen LogP contribution in [0.1, 0.15) is 25.3 Å². The van der Waals surface area contributed by atoms with Crippen LogP contribution < -0.4 is 15.5 Å². The number of piperidine rings is 1. The number of aromatic nitrogens is 2. The molecule has 178 valence electrons. The van der Waals surface area contributed by atoms with Crippen LogP contribution in [-0.4, -0.2) is 59.7 Å². The number of nitrogens with zero attached hydrogens (tertiary/aromatic N) is 4. The first-order valence-electron chi connectivity index (χ1n) is 12.3. The summed E-state index contributed by atoms with van der Waals surface area (Å²) < 4.78 is 13.5. The lowest BCUT2D eigenvalue weighted by Gasteiger charge is -2.34. The van der Waals surface area contributed by atoms with Gasteiger partial charge in [-0.2, -0.15) is 0 Å². The van der Waals surface area contributed by atoms with E-state index < -0.39 is 0 Å². The molecule has 2 aliphatic rings. The van der Waals surface area contributed by atoms with Crippen LogP contribution in [-0.2, 0) is 6.54 Å². The quantitative estimate of drug-likeness (QED) is 0.576. The first-order valence-corrected chi connectivity index (χ1v) is 12.3. The van der Waals surface area contributed by atoms with E-state index >= 15 is 0 Å². The van der Waals surface area contributed by atoms with Gasteiger partial charge in [-0.25, -0.2) is 9.37 Å². The third-order valence-electron chi connectivity index (χ3n) is 6.74. The van der Waals surface area contributed by atoms with Gasteiger partial charge in [0, 0.05) is 75.0 Å². The van der Waals surface area contributed by atoms with Gasteiger partial charge in [-0.15, -0.1) is 0 Å². The van der Waals surface area contributed by atoms with Gasteiger partial charge >= 0.3 is 0 Å². The normalized spacial score (nSPS) is 19.8. The van der Waals surface area contributed by atoms with Crippen LogP contribution in [0.3, 0.4) is 0 Å². The van der Waals surface area contributed by atoms with Gasteiger partial charge in [0.2, 0.25) is 0 Å². The monoisotopic (exact) mass is 460 g/mol. The van der Waals surface area contributed by atoms with E-state index in [0.29, 0.717) is 12.1 Å². The van der Waals surface area contributed by atoms with Gasteiger partial charge in [0.1, 0.15) is 11.6 Å². The van der Waals surface area contributed by atoms with Crippen molar-refractivity contribution in [3.63, 3.8) is 0 Å². The van der Waals surface area contributed by atoms with Crippen molar-refractivity contribution in [3.05, 3.63) is 72.3 Å². The van der Waals surface area contributed by atoms with E-state index in [4.69, 9.17) is 9.97 Å². The number of halogens is 1. The molecule has 7 heteroatoms. The second-order valence-electron chi connectivity index (χ2n) is 9.43. The third-order valence-corrected chi connectivity index (χ3v) is 6.74. The molecule has 2 aliphatic heterocycles. The SMILES string of the molecule is C[C@@H]1CN(Cc2ccc(-c3cccnc3N3CCC(Nc4cccc(F)c4)CC3)nc2)CCN1. The Morgan fingerprint density at radius 2 is 1.94 bits per heavy atom. The number of hydrogen-bond donors (Lipinski definition) is 2. The Bertz CT molecular complexity index is 1080. The molecule has 1 atom stereocenters. The second kappa shape index (κ2) is 10.5. The molecule has 34 heavy (non-hydrogen) atoms. The van der Waals surface area contributed by atoms with E-state index in [2.05, 4.69) is 45.6 Å². The topological polar surface area (TPSA) is 56.3 Å². The lowest BCUT2D eigenvalue weighted by molar-refractivity contribution is 0.199. The molecule has 2 saturated heterocycles. The highest BCUT2D eigenvalue weighted by Gasteiger charge is 2.23. The van der Waals surface area contributed by atoms with E-state index in [1.807, 2.05) is 24.5 Å². The standard InChI is InChI=1S/C27H33FN6/c1-20-18-33(15-12-29-20)19-21-7-8-26(31-17-21)25-6-3-11-30-27(25)34-13-9-23(10-14-34)32-24-5-2-4-22(28)16-24/h2-8,11,16-17,20,23,29,32H,9-10,12-15,18-19H2,1H3/t20-/m1/s1. The Morgan fingerprint density at radius 1 is 1.06 bits per heavy atom. The summed E-state index contributed by atoms with van der Waals surface area (Å²) in [7, 11) is 0. The van der Waals surface area contributed by atoms with Crippen molar-refractivity contribution in [2.75, 3.05) is 42.9 Å². The molecule has 0 spiro atoms. The zero-order valence-electron chi connectivity index (χ0n) is 19.8. The van der Waals surface area contributed by atoms with Gasteiger partial charge in [0.15, 0.2) is 0 Å². The molecule has 0 radical (unpaired) electrons. The molecule has 5 rings (SSSR count). The molecule has 6 nitrogen and oxygen atoms in total. The molecule has 0 unspecified atom stereocenters. The highest BCUT2D eigenvalue weighted by atomic mass is 19.1.